The standard InChI is InChI=1S/C14H18N2S/c1-4-11-7-6-8-12(5-2)13(11)15-14-16(3)9-10-17-14/h6-10H,4-5H2,1-3H3. The van der Waals surface area contributed by atoms with E-state index < -0.39 is 0 Å². The lowest BCUT2D eigenvalue weighted by Crippen LogP contribution is -2.08. The van der Waals surface area contributed by atoms with E-state index in [1.165, 1.54) is 11.1 Å². The minimum Gasteiger partial charge on any atom is -0.327 e. The maximum absolute atomic E-state index is 4.82. The fourth-order valence-corrected chi connectivity index (χ4v) is 2.63. The highest BCUT2D eigenvalue weighted by Gasteiger charge is 2.04. The quantitative estimate of drug-likeness (QED) is 0.789. The van der Waals surface area contributed by atoms with Gasteiger partial charge in [-0.3, -0.25) is 0 Å². The fraction of sp³-hybridized carbons (Fsp3) is 0.357. The van der Waals surface area contributed by atoms with Crippen LogP contribution in [-0.2, 0) is 19.9 Å². The van der Waals surface area contributed by atoms with Crippen LogP contribution in [0.1, 0.15) is 25.0 Å². The molecule has 1 aromatic carbocycles. The van der Waals surface area contributed by atoms with Gasteiger partial charge in [-0.05, 0) is 24.0 Å². The van der Waals surface area contributed by atoms with Crippen molar-refractivity contribution in [1.29, 1.82) is 0 Å². The predicted molar refractivity (Wildman–Crippen MR) is 73.7 cm³/mol. The molecule has 0 unspecified atom stereocenters. The summed E-state index contributed by atoms with van der Waals surface area (Å²) in [6, 6.07) is 6.47. The summed E-state index contributed by atoms with van der Waals surface area (Å²) in [4.78, 5) is 5.88. The molecular weight excluding hydrogens is 228 g/mol. The highest BCUT2D eigenvalue weighted by atomic mass is 32.1. The first-order chi connectivity index (χ1) is 8.26. The third kappa shape index (κ3) is 2.50. The van der Waals surface area contributed by atoms with E-state index in [0.29, 0.717) is 0 Å². The molecule has 1 aromatic heterocycles. The predicted octanol–water partition coefficient (Wildman–Crippen LogP) is 3.44. The van der Waals surface area contributed by atoms with Crippen LogP contribution in [0.5, 0.6) is 0 Å². The molecule has 1 heterocycles. The Labute approximate surface area is 106 Å². The number of hydrogen-bond donors (Lipinski definition) is 0. The van der Waals surface area contributed by atoms with Crippen LogP contribution in [0.3, 0.4) is 0 Å². The lowest BCUT2D eigenvalue weighted by molar-refractivity contribution is 0.871. The summed E-state index contributed by atoms with van der Waals surface area (Å²) in [6.07, 6.45) is 4.10. The molecule has 0 aliphatic heterocycles. The van der Waals surface area contributed by atoms with Gasteiger partial charge in [0.05, 0.1) is 5.69 Å². The van der Waals surface area contributed by atoms with Crippen molar-refractivity contribution >= 4 is 17.0 Å². The molecule has 0 saturated carbocycles. The molecule has 2 rings (SSSR count). The second-order valence-corrected chi connectivity index (χ2v) is 4.91. The molecule has 0 saturated heterocycles. The summed E-state index contributed by atoms with van der Waals surface area (Å²) < 4.78 is 2.07. The van der Waals surface area contributed by atoms with Crippen molar-refractivity contribution in [1.82, 2.24) is 4.57 Å². The number of nitrogens with zero attached hydrogens (tertiary/aromatic N) is 2. The number of aromatic nitrogens is 1. The number of benzene rings is 1. The van der Waals surface area contributed by atoms with Crippen LogP contribution in [0.25, 0.3) is 0 Å². The first-order valence-corrected chi connectivity index (χ1v) is 6.89. The summed E-state index contributed by atoms with van der Waals surface area (Å²) in [5.41, 5.74) is 3.83. The molecule has 0 bridgehead atoms. The molecule has 17 heavy (non-hydrogen) atoms. The van der Waals surface area contributed by atoms with Crippen molar-refractivity contribution in [3.8, 4) is 0 Å². The van der Waals surface area contributed by atoms with E-state index in [4.69, 9.17) is 4.99 Å². The second kappa shape index (κ2) is 5.32. The Bertz CT molecular complexity index is 541. The van der Waals surface area contributed by atoms with Crippen LogP contribution in [0.4, 0.5) is 5.69 Å². The van der Waals surface area contributed by atoms with Gasteiger partial charge in [0, 0.05) is 18.6 Å². The largest absolute Gasteiger partial charge is 0.327 e. The van der Waals surface area contributed by atoms with E-state index in [1.54, 1.807) is 11.3 Å². The van der Waals surface area contributed by atoms with E-state index in [1.807, 2.05) is 13.2 Å². The van der Waals surface area contributed by atoms with Crippen LogP contribution >= 0.6 is 11.3 Å². The summed E-state index contributed by atoms with van der Waals surface area (Å²) in [7, 11) is 2.04. The highest BCUT2D eigenvalue weighted by molar-refractivity contribution is 7.07. The van der Waals surface area contributed by atoms with Gasteiger partial charge >= 0.3 is 0 Å². The SMILES string of the molecule is CCc1cccc(CC)c1N=c1sccn1C. The van der Waals surface area contributed by atoms with E-state index in [2.05, 4.69) is 42.0 Å². The molecule has 0 N–H and O–H groups in total. The van der Waals surface area contributed by atoms with Crippen molar-refractivity contribution in [3.05, 3.63) is 45.7 Å². The molecule has 0 radical (unpaired) electrons. The first kappa shape index (κ1) is 12.1. The van der Waals surface area contributed by atoms with Crippen molar-refractivity contribution in [2.24, 2.45) is 12.0 Å². The number of hydrogen-bond acceptors (Lipinski definition) is 2. The highest BCUT2D eigenvalue weighted by Crippen LogP contribution is 2.25. The van der Waals surface area contributed by atoms with Crippen molar-refractivity contribution < 1.29 is 0 Å². The van der Waals surface area contributed by atoms with Gasteiger partial charge in [-0.25, -0.2) is 4.99 Å². The van der Waals surface area contributed by atoms with Crippen LogP contribution in [0.15, 0.2) is 34.8 Å². The fourth-order valence-electron chi connectivity index (χ4n) is 1.89. The van der Waals surface area contributed by atoms with E-state index >= 15 is 0 Å². The Morgan fingerprint density at radius 3 is 2.29 bits per heavy atom. The average Bonchev–Trinajstić information content (AvgIpc) is 2.75. The number of rotatable bonds is 3. The van der Waals surface area contributed by atoms with Gasteiger partial charge in [0.25, 0.3) is 0 Å². The Balaban J connectivity index is 2.62. The van der Waals surface area contributed by atoms with Crippen molar-refractivity contribution in [2.75, 3.05) is 0 Å². The molecule has 0 amide bonds. The molecule has 0 atom stereocenters. The Morgan fingerprint density at radius 1 is 1.18 bits per heavy atom. The first-order valence-electron chi connectivity index (χ1n) is 6.01. The third-order valence-corrected chi connectivity index (χ3v) is 3.78. The third-order valence-electron chi connectivity index (χ3n) is 2.93. The average molecular weight is 246 g/mol. The molecule has 2 nitrogen and oxygen atoms in total. The van der Waals surface area contributed by atoms with Crippen molar-refractivity contribution in [3.63, 3.8) is 0 Å². The van der Waals surface area contributed by atoms with Crippen LogP contribution in [-0.4, -0.2) is 4.57 Å². The summed E-state index contributed by atoms with van der Waals surface area (Å²) in [5, 5.41) is 2.07. The zero-order valence-corrected chi connectivity index (χ0v) is 11.4. The zero-order valence-electron chi connectivity index (χ0n) is 10.6. The Kier molecular flexibility index (Phi) is 3.79. The van der Waals surface area contributed by atoms with Gasteiger partial charge in [-0.15, -0.1) is 11.3 Å². The van der Waals surface area contributed by atoms with Gasteiger partial charge in [0.2, 0.25) is 0 Å². The molecule has 0 fully saturated rings. The molecule has 0 aliphatic carbocycles. The zero-order chi connectivity index (χ0) is 12.3. The summed E-state index contributed by atoms with van der Waals surface area (Å²) in [5.74, 6) is 0. The maximum atomic E-state index is 4.82. The minimum atomic E-state index is 1.03. The van der Waals surface area contributed by atoms with Gasteiger partial charge in [0.15, 0.2) is 4.80 Å². The number of para-hydroxylation sites is 1. The molecule has 90 valence electrons. The van der Waals surface area contributed by atoms with Gasteiger partial charge in [-0.1, -0.05) is 32.0 Å². The summed E-state index contributed by atoms with van der Waals surface area (Å²) in [6.45, 7) is 4.37. The van der Waals surface area contributed by atoms with Crippen LogP contribution in [0.2, 0.25) is 0 Å². The minimum absolute atomic E-state index is 1.03. The van der Waals surface area contributed by atoms with E-state index in [9.17, 15) is 0 Å². The Morgan fingerprint density at radius 2 is 1.82 bits per heavy atom. The lowest BCUT2D eigenvalue weighted by atomic mass is 10.0. The topological polar surface area (TPSA) is 17.3 Å². The molecular formula is C14H18N2S. The molecule has 3 heteroatoms. The summed E-state index contributed by atoms with van der Waals surface area (Å²) >= 11 is 1.68. The molecule has 0 aliphatic rings. The van der Waals surface area contributed by atoms with E-state index in [0.717, 1.165) is 23.3 Å². The van der Waals surface area contributed by atoms with Gasteiger partial charge in [0.1, 0.15) is 0 Å². The number of aryl methyl sites for hydroxylation is 3. The van der Waals surface area contributed by atoms with Crippen molar-refractivity contribution in [2.45, 2.75) is 26.7 Å². The van der Waals surface area contributed by atoms with Crippen LogP contribution in [0, 0.1) is 0 Å². The second-order valence-electron chi connectivity index (χ2n) is 4.04. The van der Waals surface area contributed by atoms with E-state index in [-0.39, 0.29) is 0 Å². The smallest absolute Gasteiger partial charge is 0.189 e. The lowest BCUT2D eigenvalue weighted by Gasteiger charge is -2.07. The molecule has 2 aromatic rings. The van der Waals surface area contributed by atoms with Gasteiger partial charge < -0.3 is 4.57 Å². The molecule has 0 spiro atoms. The monoisotopic (exact) mass is 246 g/mol. The maximum Gasteiger partial charge on any atom is 0.189 e. The number of thiazole rings is 1. The normalized spacial score (nSPS) is 12.1. The van der Waals surface area contributed by atoms with Gasteiger partial charge in [-0.2, -0.15) is 0 Å². The Hall–Kier alpha value is -1.35. The van der Waals surface area contributed by atoms with Crippen LogP contribution < -0.4 is 4.80 Å².